The first-order valence-electron chi connectivity index (χ1n) is 5.23. The van der Waals surface area contributed by atoms with E-state index in [-0.39, 0.29) is 36.9 Å². The third kappa shape index (κ3) is 1.70. The first-order chi connectivity index (χ1) is 7.67. The summed E-state index contributed by atoms with van der Waals surface area (Å²) in [5, 5.41) is 18.2. The Balaban J connectivity index is 2.23. The van der Waals surface area contributed by atoms with Crippen molar-refractivity contribution in [2.45, 2.75) is 12.5 Å². The molecule has 3 unspecified atom stereocenters. The van der Waals surface area contributed by atoms with Crippen LogP contribution < -0.4 is 11.4 Å². The van der Waals surface area contributed by atoms with Crippen molar-refractivity contribution in [3.05, 3.63) is 22.7 Å². The minimum atomic E-state index is -0.403. The van der Waals surface area contributed by atoms with Crippen LogP contribution in [0.3, 0.4) is 0 Å². The van der Waals surface area contributed by atoms with Crippen LogP contribution in [-0.4, -0.2) is 33.0 Å². The van der Waals surface area contributed by atoms with Gasteiger partial charge < -0.3 is 15.9 Å². The van der Waals surface area contributed by atoms with E-state index in [4.69, 9.17) is 10.8 Å². The van der Waals surface area contributed by atoms with Gasteiger partial charge in [0.2, 0.25) is 0 Å². The molecule has 0 spiro atoms. The highest BCUT2D eigenvalue weighted by Crippen LogP contribution is 2.42. The minimum absolute atomic E-state index is 0.0350. The lowest BCUT2D eigenvalue weighted by Crippen LogP contribution is -2.46. The Labute approximate surface area is 92.4 Å². The fourth-order valence-corrected chi connectivity index (χ4v) is 2.26. The Morgan fingerprint density at radius 3 is 2.81 bits per heavy atom. The Bertz CT molecular complexity index is 432. The van der Waals surface area contributed by atoms with Gasteiger partial charge in [0.15, 0.2) is 0 Å². The zero-order chi connectivity index (χ0) is 11.7. The molecule has 6 nitrogen and oxygen atoms in total. The summed E-state index contributed by atoms with van der Waals surface area (Å²) in [6.45, 7) is 0.00554. The number of nitrogen functional groups attached to an aromatic ring is 1. The fourth-order valence-electron chi connectivity index (χ4n) is 2.26. The molecule has 1 aliphatic carbocycles. The predicted octanol–water partition coefficient (Wildman–Crippen LogP) is -1.01. The van der Waals surface area contributed by atoms with E-state index in [2.05, 4.69) is 4.98 Å². The Hall–Kier alpha value is -1.40. The highest BCUT2D eigenvalue weighted by Gasteiger charge is 2.41. The Morgan fingerprint density at radius 1 is 1.50 bits per heavy atom. The van der Waals surface area contributed by atoms with Gasteiger partial charge in [-0.15, -0.1) is 0 Å². The Morgan fingerprint density at radius 2 is 2.25 bits per heavy atom. The van der Waals surface area contributed by atoms with Crippen LogP contribution >= 0.6 is 0 Å². The lowest BCUT2D eigenvalue weighted by Gasteiger charge is -2.43. The van der Waals surface area contributed by atoms with Crippen molar-refractivity contribution in [3.8, 4) is 0 Å². The van der Waals surface area contributed by atoms with Gasteiger partial charge in [-0.3, -0.25) is 4.57 Å². The highest BCUT2D eigenvalue weighted by molar-refractivity contribution is 5.23. The highest BCUT2D eigenvalue weighted by atomic mass is 16.3. The third-order valence-corrected chi connectivity index (χ3v) is 3.30. The summed E-state index contributed by atoms with van der Waals surface area (Å²) < 4.78 is 1.48. The van der Waals surface area contributed by atoms with Gasteiger partial charge in [-0.25, -0.2) is 4.79 Å². The second-order valence-corrected chi connectivity index (χ2v) is 4.13. The molecule has 0 bridgehead atoms. The van der Waals surface area contributed by atoms with E-state index in [1.54, 1.807) is 12.3 Å². The van der Waals surface area contributed by atoms with E-state index in [0.29, 0.717) is 6.42 Å². The van der Waals surface area contributed by atoms with Crippen LogP contribution in [0.15, 0.2) is 17.1 Å². The largest absolute Gasteiger partial charge is 0.396 e. The van der Waals surface area contributed by atoms with Crippen molar-refractivity contribution < 1.29 is 10.2 Å². The summed E-state index contributed by atoms with van der Waals surface area (Å²) >= 11 is 0. The Kier molecular flexibility index (Phi) is 2.93. The molecule has 3 atom stereocenters. The van der Waals surface area contributed by atoms with Crippen molar-refractivity contribution in [2.75, 3.05) is 18.9 Å². The van der Waals surface area contributed by atoms with E-state index < -0.39 is 5.69 Å². The number of aromatic nitrogens is 2. The van der Waals surface area contributed by atoms with Gasteiger partial charge in [0.1, 0.15) is 5.82 Å². The molecule has 16 heavy (non-hydrogen) atoms. The average Bonchev–Trinajstić information content (AvgIpc) is 2.21. The quantitative estimate of drug-likeness (QED) is 0.611. The number of nitrogens with two attached hydrogens (primary N) is 1. The molecule has 1 saturated carbocycles. The molecule has 1 aromatic heterocycles. The van der Waals surface area contributed by atoms with Crippen LogP contribution in [0.25, 0.3) is 0 Å². The van der Waals surface area contributed by atoms with Gasteiger partial charge in [0.05, 0.1) is 0 Å². The number of nitrogens with zero attached hydrogens (tertiary/aromatic N) is 2. The van der Waals surface area contributed by atoms with Crippen molar-refractivity contribution in [1.29, 1.82) is 0 Å². The lowest BCUT2D eigenvalue weighted by atomic mass is 9.70. The summed E-state index contributed by atoms with van der Waals surface area (Å²) in [7, 11) is 0. The fraction of sp³-hybridized carbons (Fsp3) is 0.600. The van der Waals surface area contributed by atoms with E-state index >= 15 is 0 Å². The number of hydrogen-bond donors (Lipinski definition) is 3. The molecular weight excluding hydrogens is 210 g/mol. The zero-order valence-electron chi connectivity index (χ0n) is 8.78. The average molecular weight is 225 g/mol. The SMILES string of the molecule is Nc1ccn(C2CC(CO)C2CO)c(=O)n1. The number of anilines is 1. The summed E-state index contributed by atoms with van der Waals surface area (Å²) in [5.41, 5.74) is 4.99. The van der Waals surface area contributed by atoms with Crippen LogP contribution in [0.2, 0.25) is 0 Å². The molecule has 0 radical (unpaired) electrons. The van der Waals surface area contributed by atoms with Gasteiger partial charge in [-0.1, -0.05) is 0 Å². The molecule has 1 aromatic rings. The first kappa shape index (κ1) is 11.1. The molecule has 1 aliphatic rings. The zero-order valence-corrected chi connectivity index (χ0v) is 8.78. The summed E-state index contributed by atoms with van der Waals surface area (Å²) in [6, 6.07) is 1.48. The maximum absolute atomic E-state index is 11.6. The van der Waals surface area contributed by atoms with Gasteiger partial charge in [0, 0.05) is 31.4 Å². The van der Waals surface area contributed by atoms with Crippen LogP contribution in [0.1, 0.15) is 12.5 Å². The lowest BCUT2D eigenvalue weighted by molar-refractivity contribution is -0.00865. The molecule has 0 amide bonds. The number of aliphatic hydroxyl groups excluding tert-OH is 2. The van der Waals surface area contributed by atoms with Crippen molar-refractivity contribution >= 4 is 5.82 Å². The van der Waals surface area contributed by atoms with E-state index in [1.807, 2.05) is 0 Å². The van der Waals surface area contributed by atoms with Gasteiger partial charge in [0.25, 0.3) is 0 Å². The van der Waals surface area contributed by atoms with Crippen LogP contribution in [0.5, 0.6) is 0 Å². The molecule has 1 heterocycles. The first-order valence-corrected chi connectivity index (χ1v) is 5.23. The maximum atomic E-state index is 11.6. The van der Waals surface area contributed by atoms with E-state index in [0.717, 1.165) is 0 Å². The third-order valence-electron chi connectivity index (χ3n) is 3.30. The molecule has 88 valence electrons. The van der Waals surface area contributed by atoms with Crippen LogP contribution in [0.4, 0.5) is 5.82 Å². The molecular formula is C10H15N3O3. The van der Waals surface area contributed by atoms with Gasteiger partial charge >= 0.3 is 5.69 Å². The molecule has 0 aliphatic heterocycles. The molecule has 0 aromatic carbocycles. The summed E-state index contributed by atoms with van der Waals surface area (Å²) in [5.74, 6) is 0.187. The van der Waals surface area contributed by atoms with Crippen molar-refractivity contribution in [3.63, 3.8) is 0 Å². The second kappa shape index (κ2) is 4.23. The standard InChI is InChI=1S/C10H15N3O3/c11-9-1-2-13(10(16)12-9)8-3-6(4-14)7(8)5-15/h1-2,6-8,14-15H,3-5H2,(H2,11,12,16). The van der Waals surface area contributed by atoms with E-state index in [9.17, 15) is 9.90 Å². The van der Waals surface area contributed by atoms with Crippen LogP contribution in [-0.2, 0) is 0 Å². The number of aliphatic hydroxyl groups is 2. The molecule has 1 fully saturated rings. The van der Waals surface area contributed by atoms with Crippen molar-refractivity contribution in [1.82, 2.24) is 9.55 Å². The van der Waals surface area contributed by atoms with Gasteiger partial charge in [-0.2, -0.15) is 4.98 Å². The molecule has 0 saturated heterocycles. The topological polar surface area (TPSA) is 101 Å². The summed E-state index contributed by atoms with van der Waals surface area (Å²) in [6.07, 6.45) is 2.28. The van der Waals surface area contributed by atoms with Crippen LogP contribution in [0, 0.1) is 11.8 Å². The number of hydrogen-bond acceptors (Lipinski definition) is 5. The van der Waals surface area contributed by atoms with Crippen molar-refractivity contribution in [2.24, 2.45) is 11.8 Å². The monoisotopic (exact) mass is 225 g/mol. The molecule has 2 rings (SSSR count). The maximum Gasteiger partial charge on any atom is 0.349 e. The van der Waals surface area contributed by atoms with Gasteiger partial charge in [-0.05, 0) is 18.4 Å². The molecule has 6 heteroatoms. The van der Waals surface area contributed by atoms with E-state index in [1.165, 1.54) is 4.57 Å². The normalized spacial score (nSPS) is 28.8. The minimum Gasteiger partial charge on any atom is -0.396 e. The molecule has 4 N–H and O–H groups in total. The predicted molar refractivity (Wildman–Crippen MR) is 57.7 cm³/mol. The number of rotatable bonds is 3. The second-order valence-electron chi connectivity index (χ2n) is 4.13. The smallest absolute Gasteiger partial charge is 0.349 e. The summed E-state index contributed by atoms with van der Waals surface area (Å²) in [4.78, 5) is 15.2.